The lowest BCUT2D eigenvalue weighted by molar-refractivity contribution is 0.254. The highest BCUT2D eigenvalue weighted by Crippen LogP contribution is 2.22. The second-order valence-electron chi connectivity index (χ2n) is 5.52. The number of hydrogen-bond donors (Lipinski definition) is 1. The molecule has 1 aromatic rings. The molecule has 112 valence electrons. The summed E-state index contributed by atoms with van der Waals surface area (Å²) in [6, 6.07) is 8.47. The topological polar surface area (TPSA) is 24.5 Å². The van der Waals surface area contributed by atoms with Gasteiger partial charge in [-0.15, -0.1) is 0 Å². The maximum atomic E-state index is 5.93. The molecule has 1 saturated heterocycles. The van der Waals surface area contributed by atoms with Gasteiger partial charge in [-0.05, 0) is 64.3 Å². The fourth-order valence-corrected chi connectivity index (χ4v) is 2.87. The van der Waals surface area contributed by atoms with E-state index in [0.717, 1.165) is 44.3 Å². The van der Waals surface area contributed by atoms with Crippen LogP contribution in [0.5, 0.6) is 5.75 Å². The SMILES string of the molecule is CCN(CC)c1cccc(OCCC2CCCNC2)c1. The highest BCUT2D eigenvalue weighted by atomic mass is 16.5. The molecule has 0 saturated carbocycles. The number of ether oxygens (including phenoxy) is 1. The van der Waals surface area contributed by atoms with Crippen LogP contribution in [0.3, 0.4) is 0 Å². The molecule has 2 rings (SSSR count). The maximum Gasteiger partial charge on any atom is 0.121 e. The molecule has 0 spiro atoms. The van der Waals surface area contributed by atoms with Crippen molar-refractivity contribution >= 4 is 5.69 Å². The lowest BCUT2D eigenvalue weighted by Crippen LogP contribution is -2.30. The Balaban J connectivity index is 1.81. The number of piperidine rings is 1. The van der Waals surface area contributed by atoms with Crippen LogP contribution in [0, 0.1) is 5.92 Å². The second-order valence-corrected chi connectivity index (χ2v) is 5.52. The van der Waals surface area contributed by atoms with Crippen molar-refractivity contribution in [3.8, 4) is 5.75 Å². The average Bonchev–Trinajstić information content (AvgIpc) is 2.50. The van der Waals surface area contributed by atoms with Crippen LogP contribution < -0.4 is 15.0 Å². The van der Waals surface area contributed by atoms with Crippen LogP contribution in [0.2, 0.25) is 0 Å². The summed E-state index contributed by atoms with van der Waals surface area (Å²) in [7, 11) is 0. The molecule has 1 atom stereocenters. The minimum Gasteiger partial charge on any atom is -0.494 e. The van der Waals surface area contributed by atoms with E-state index >= 15 is 0 Å². The number of benzene rings is 1. The first kappa shape index (κ1) is 15.2. The zero-order valence-electron chi connectivity index (χ0n) is 12.9. The Bertz CT molecular complexity index is 384. The van der Waals surface area contributed by atoms with Gasteiger partial charge in [-0.1, -0.05) is 6.07 Å². The second kappa shape index (κ2) is 8.15. The van der Waals surface area contributed by atoms with Crippen LogP contribution in [0.1, 0.15) is 33.1 Å². The van der Waals surface area contributed by atoms with Crippen LogP contribution in [0.4, 0.5) is 5.69 Å². The summed E-state index contributed by atoms with van der Waals surface area (Å²) in [5.41, 5.74) is 1.26. The van der Waals surface area contributed by atoms with E-state index in [1.165, 1.54) is 25.1 Å². The van der Waals surface area contributed by atoms with Crippen LogP contribution >= 0.6 is 0 Å². The molecule has 0 aliphatic carbocycles. The summed E-state index contributed by atoms with van der Waals surface area (Å²) in [5, 5.41) is 3.46. The Kier molecular flexibility index (Phi) is 6.19. The molecule has 0 bridgehead atoms. The van der Waals surface area contributed by atoms with E-state index in [-0.39, 0.29) is 0 Å². The largest absolute Gasteiger partial charge is 0.494 e. The van der Waals surface area contributed by atoms with E-state index in [2.05, 4.69) is 48.3 Å². The van der Waals surface area contributed by atoms with Crippen molar-refractivity contribution < 1.29 is 4.74 Å². The first-order valence-electron chi connectivity index (χ1n) is 8.02. The van der Waals surface area contributed by atoms with Crippen molar-refractivity contribution in [2.24, 2.45) is 5.92 Å². The molecule has 0 aromatic heterocycles. The van der Waals surface area contributed by atoms with Gasteiger partial charge in [0.2, 0.25) is 0 Å². The van der Waals surface area contributed by atoms with Crippen molar-refractivity contribution in [3.05, 3.63) is 24.3 Å². The van der Waals surface area contributed by atoms with Gasteiger partial charge in [-0.3, -0.25) is 0 Å². The molecule has 1 aliphatic heterocycles. The normalized spacial score (nSPS) is 18.8. The fourth-order valence-electron chi connectivity index (χ4n) is 2.87. The smallest absolute Gasteiger partial charge is 0.121 e. The molecular formula is C17H28N2O. The summed E-state index contributed by atoms with van der Waals surface area (Å²) in [5.74, 6) is 1.79. The van der Waals surface area contributed by atoms with Crippen LogP contribution in [0.15, 0.2) is 24.3 Å². The highest BCUT2D eigenvalue weighted by molar-refractivity contribution is 5.50. The number of nitrogens with zero attached hydrogens (tertiary/aromatic N) is 1. The summed E-state index contributed by atoms with van der Waals surface area (Å²) in [6.45, 7) is 9.61. The molecule has 1 heterocycles. The summed E-state index contributed by atoms with van der Waals surface area (Å²) < 4.78 is 5.93. The summed E-state index contributed by atoms with van der Waals surface area (Å²) >= 11 is 0. The van der Waals surface area contributed by atoms with E-state index in [1.807, 2.05) is 0 Å². The molecule has 1 fully saturated rings. The number of rotatable bonds is 7. The van der Waals surface area contributed by atoms with Crippen LogP contribution in [0.25, 0.3) is 0 Å². The first-order valence-corrected chi connectivity index (χ1v) is 8.02. The highest BCUT2D eigenvalue weighted by Gasteiger charge is 2.12. The minimum atomic E-state index is 0.787. The van der Waals surface area contributed by atoms with Crippen LogP contribution in [-0.4, -0.2) is 32.8 Å². The monoisotopic (exact) mass is 276 g/mol. The predicted molar refractivity (Wildman–Crippen MR) is 85.7 cm³/mol. The zero-order chi connectivity index (χ0) is 14.2. The lowest BCUT2D eigenvalue weighted by atomic mass is 9.97. The third-order valence-electron chi connectivity index (χ3n) is 4.14. The van der Waals surface area contributed by atoms with Gasteiger partial charge in [-0.25, -0.2) is 0 Å². The van der Waals surface area contributed by atoms with E-state index < -0.39 is 0 Å². The average molecular weight is 276 g/mol. The Hall–Kier alpha value is -1.22. The molecule has 1 aromatic carbocycles. The zero-order valence-corrected chi connectivity index (χ0v) is 12.9. The first-order chi connectivity index (χ1) is 9.83. The Labute approximate surface area is 123 Å². The van der Waals surface area contributed by atoms with Crippen molar-refractivity contribution in [3.63, 3.8) is 0 Å². The Morgan fingerprint density at radius 2 is 2.15 bits per heavy atom. The van der Waals surface area contributed by atoms with Crippen molar-refractivity contribution in [1.29, 1.82) is 0 Å². The fraction of sp³-hybridized carbons (Fsp3) is 0.647. The quantitative estimate of drug-likeness (QED) is 0.827. The molecule has 20 heavy (non-hydrogen) atoms. The van der Waals surface area contributed by atoms with E-state index in [4.69, 9.17) is 4.74 Å². The van der Waals surface area contributed by atoms with Gasteiger partial charge in [0, 0.05) is 24.8 Å². The number of anilines is 1. The van der Waals surface area contributed by atoms with Crippen LogP contribution in [-0.2, 0) is 0 Å². The summed E-state index contributed by atoms with van der Waals surface area (Å²) in [4.78, 5) is 2.35. The van der Waals surface area contributed by atoms with Gasteiger partial charge in [0.15, 0.2) is 0 Å². The number of nitrogens with one attached hydrogen (secondary N) is 1. The van der Waals surface area contributed by atoms with Gasteiger partial charge in [0.05, 0.1) is 6.61 Å². The van der Waals surface area contributed by atoms with E-state index in [1.54, 1.807) is 0 Å². The Morgan fingerprint density at radius 3 is 2.85 bits per heavy atom. The predicted octanol–water partition coefficient (Wildman–Crippen LogP) is 3.30. The third-order valence-corrected chi connectivity index (χ3v) is 4.14. The van der Waals surface area contributed by atoms with Gasteiger partial charge in [-0.2, -0.15) is 0 Å². The van der Waals surface area contributed by atoms with Gasteiger partial charge in [0.1, 0.15) is 5.75 Å². The minimum absolute atomic E-state index is 0.787. The molecule has 1 aliphatic rings. The molecule has 1 unspecified atom stereocenters. The molecular weight excluding hydrogens is 248 g/mol. The third kappa shape index (κ3) is 4.41. The maximum absolute atomic E-state index is 5.93. The lowest BCUT2D eigenvalue weighted by Gasteiger charge is -2.23. The molecule has 0 amide bonds. The molecule has 0 radical (unpaired) electrons. The summed E-state index contributed by atoms with van der Waals surface area (Å²) in [6.07, 6.45) is 3.81. The van der Waals surface area contributed by atoms with Crippen molar-refractivity contribution in [1.82, 2.24) is 5.32 Å². The standard InChI is InChI=1S/C17H28N2O/c1-3-19(4-2)16-8-5-9-17(13-16)20-12-10-15-7-6-11-18-14-15/h5,8-9,13,15,18H,3-4,6-7,10-12,14H2,1-2H3. The van der Waals surface area contributed by atoms with Gasteiger partial charge < -0.3 is 15.0 Å². The number of hydrogen-bond acceptors (Lipinski definition) is 3. The molecule has 3 heteroatoms. The Morgan fingerprint density at radius 1 is 1.30 bits per heavy atom. The van der Waals surface area contributed by atoms with Crippen molar-refractivity contribution in [2.45, 2.75) is 33.1 Å². The van der Waals surface area contributed by atoms with Gasteiger partial charge in [0.25, 0.3) is 0 Å². The van der Waals surface area contributed by atoms with E-state index in [9.17, 15) is 0 Å². The molecule has 3 nitrogen and oxygen atoms in total. The molecule has 1 N–H and O–H groups in total. The van der Waals surface area contributed by atoms with E-state index in [0.29, 0.717) is 0 Å². The van der Waals surface area contributed by atoms with Gasteiger partial charge >= 0.3 is 0 Å². The van der Waals surface area contributed by atoms with Crippen molar-refractivity contribution in [2.75, 3.05) is 37.7 Å².